The van der Waals surface area contributed by atoms with Crippen LogP contribution in [0.25, 0.3) is 11.0 Å². The number of pyridine rings is 1. The van der Waals surface area contributed by atoms with Crippen LogP contribution in [0.4, 0.5) is 0 Å². The third-order valence-corrected chi connectivity index (χ3v) is 8.58. The van der Waals surface area contributed by atoms with Crippen molar-refractivity contribution in [2.45, 2.75) is 63.6 Å². The van der Waals surface area contributed by atoms with Crippen LogP contribution in [-0.2, 0) is 4.65 Å². The number of nitrogens with zero attached hydrogens (tertiary/aromatic N) is 3. The highest BCUT2D eigenvalue weighted by Crippen LogP contribution is 2.59. The molecular formula is C23H29BN4O2. The highest BCUT2D eigenvalue weighted by Gasteiger charge is 2.57. The standard InChI is InChI=1S/C23H29BN4O2/c1-22(2)4-6-28-24(30-22)17-12-26-21-16(3-5-25-21)19(17)20(27-28)18-14-7-13-8-15(18)11-23(29,9-13)10-14/h3,5,12-15,18,29H,4,6-11H2,1-2H3,(H,25,26)/t13-,14-,15+,18+,23-. The van der Waals surface area contributed by atoms with Gasteiger partial charge in [-0.2, -0.15) is 5.10 Å². The van der Waals surface area contributed by atoms with E-state index >= 15 is 0 Å². The zero-order chi connectivity index (χ0) is 20.3. The molecule has 0 unspecified atom stereocenters. The summed E-state index contributed by atoms with van der Waals surface area (Å²) in [6, 6.07) is 2.14. The normalized spacial score (nSPS) is 38.6. The second-order valence-corrected chi connectivity index (χ2v) is 11.2. The Morgan fingerprint density at radius 3 is 2.80 bits per heavy atom. The van der Waals surface area contributed by atoms with Crippen LogP contribution in [0.2, 0.25) is 0 Å². The van der Waals surface area contributed by atoms with Gasteiger partial charge in [0.15, 0.2) is 0 Å². The lowest BCUT2D eigenvalue weighted by atomic mass is 9.48. The van der Waals surface area contributed by atoms with Crippen molar-refractivity contribution in [2.24, 2.45) is 28.8 Å². The summed E-state index contributed by atoms with van der Waals surface area (Å²) in [6.07, 6.45) is 10.3. The van der Waals surface area contributed by atoms with E-state index in [1.54, 1.807) is 0 Å². The van der Waals surface area contributed by atoms with Gasteiger partial charge in [-0.15, -0.1) is 0 Å². The molecule has 0 amide bonds. The monoisotopic (exact) mass is 404 g/mol. The summed E-state index contributed by atoms with van der Waals surface area (Å²) in [5.74, 6) is 2.20. The van der Waals surface area contributed by atoms with Gasteiger partial charge in [0, 0.05) is 46.9 Å². The molecule has 0 radical (unpaired) electrons. The molecule has 0 aromatic carbocycles. The first-order valence-electron chi connectivity index (χ1n) is 11.6. The molecule has 5 fully saturated rings. The van der Waals surface area contributed by atoms with E-state index in [0.717, 1.165) is 48.7 Å². The number of hydrogen-bond donors (Lipinski definition) is 2. The third kappa shape index (κ3) is 2.39. The average Bonchev–Trinajstić information content (AvgIpc) is 3.15. The highest BCUT2D eigenvalue weighted by atomic mass is 16.5. The molecular weight excluding hydrogens is 375 g/mol. The van der Waals surface area contributed by atoms with Gasteiger partial charge in [-0.25, -0.2) is 4.98 Å². The molecule has 2 aromatic rings. The van der Waals surface area contributed by atoms with Gasteiger partial charge in [0.05, 0.1) is 11.3 Å². The van der Waals surface area contributed by atoms with Gasteiger partial charge >= 0.3 is 7.05 Å². The zero-order valence-electron chi connectivity index (χ0n) is 17.8. The van der Waals surface area contributed by atoms with Crippen LogP contribution in [0.15, 0.2) is 23.6 Å². The fourth-order valence-corrected chi connectivity index (χ4v) is 7.60. The number of rotatable bonds is 1. The topological polar surface area (TPSA) is 73.7 Å². The Morgan fingerprint density at radius 1 is 1.23 bits per heavy atom. The van der Waals surface area contributed by atoms with Gasteiger partial charge in [-0.05, 0) is 76.2 Å². The quantitative estimate of drug-likeness (QED) is 0.717. The summed E-state index contributed by atoms with van der Waals surface area (Å²) < 4.78 is 6.53. The Hall–Kier alpha value is -1.86. The minimum Gasteiger partial charge on any atom is -0.407 e. The maximum absolute atomic E-state index is 11.1. The van der Waals surface area contributed by atoms with E-state index in [0.29, 0.717) is 23.7 Å². The van der Waals surface area contributed by atoms with E-state index in [9.17, 15) is 5.11 Å². The SMILES string of the molecule is CC1(C)CCN2N=C([C@H]3[C@@H]4C[C@@H]5C[C@H]3C[C@@](O)(C5)C4)c3c(cnc4[nH]ccc34)B2O1. The van der Waals surface area contributed by atoms with Gasteiger partial charge in [0.2, 0.25) is 0 Å². The van der Waals surface area contributed by atoms with Crippen molar-refractivity contribution in [1.29, 1.82) is 0 Å². The fourth-order valence-electron chi connectivity index (χ4n) is 7.60. The van der Waals surface area contributed by atoms with Gasteiger partial charge in [0.1, 0.15) is 5.65 Å². The van der Waals surface area contributed by atoms with Crippen molar-refractivity contribution < 1.29 is 9.76 Å². The molecule has 8 rings (SSSR count). The summed E-state index contributed by atoms with van der Waals surface area (Å²) in [6.45, 7) is 5.24. The number of fused-ring (bicyclic) bond motifs is 5. The Balaban J connectivity index is 1.40. The van der Waals surface area contributed by atoms with Crippen LogP contribution in [0.1, 0.15) is 57.9 Å². The molecule has 6 nitrogen and oxygen atoms in total. The lowest BCUT2D eigenvalue weighted by molar-refractivity contribution is -0.138. The van der Waals surface area contributed by atoms with E-state index in [-0.39, 0.29) is 12.7 Å². The highest BCUT2D eigenvalue weighted by molar-refractivity contribution is 6.68. The number of aliphatic hydroxyl groups is 1. The minimum atomic E-state index is -0.423. The molecule has 2 N–H and O–H groups in total. The van der Waals surface area contributed by atoms with Crippen molar-refractivity contribution in [3.05, 3.63) is 24.0 Å². The molecule has 4 saturated carbocycles. The van der Waals surface area contributed by atoms with Crippen molar-refractivity contribution in [1.82, 2.24) is 14.9 Å². The van der Waals surface area contributed by atoms with Crippen LogP contribution < -0.4 is 5.46 Å². The number of H-pyrrole nitrogens is 1. The minimum absolute atomic E-state index is 0.162. The Morgan fingerprint density at radius 2 is 2.03 bits per heavy atom. The summed E-state index contributed by atoms with van der Waals surface area (Å²) in [7, 11) is -0.166. The molecule has 0 spiro atoms. The molecule has 4 bridgehead atoms. The van der Waals surface area contributed by atoms with Gasteiger partial charge in [0.25, 0.3) is 0 Å². The molecule has 156 valence electrons. The molecule has 1 saturated heterocycles. The molecule has 2 aromatic heterocycles. The van der Waals surface area contributed by atoms with Crippen molar-refractivity contribution in [2.75, 3.05) is 6.54 Å². The summed E-state index contributed by atoms with van der Waals surface area (Å²) in [5.41, 5.74) is 3.97. The molecule has 7 heteroatoms. The number of hydrazone groups is 1. The first kappa shape index (κ1) is 17.8. The number of aromatic nitrogens is 2. The van der Waals surface area contributed by atoms with Crippen LogP contribution >= 0.6 is 0 Å². The third-order valence-electron chi connectivity index (χ3n) is 8.58. The maximum atomic E-state index is 11.1. The van der Waals surface area contributed by atoms with E-state index in [1.165, 1.54) is 24.1 Å². The summed E-state index contributed by atoms with van der Waals surface area (Å²) >= 11 is 0. The number of aromatic amines is 1. The Kier molecular flexibility index (Phi) is 3.37. The van der Waals surface area contributed by atoms with Crippen molar-refractivity contribution in [3.8, 4) is 0 Å². The molecule has 4 heterocycles. The van der Waals surface area contributed by atoms with Crippen molar-refractivity contribution >= 4 is 29.3 Å². The first-order valence-corrected chi connectivity index (χ1v) is 11.6. The molecule has 2 aliphatic heterocycles. The van der Waals surface area contributed by atoms with E-state index in [2.05, 4.69) is 29.8 Å². The van der Waals surface area contributed by atoms with Crippen LogP contribution in [0, 0.1) is 23.7 Å². The second-order valence-electron chi connectivity index (χ2n) is 11.2. The maximum Gasteiger partial charge on any atom is 0.471 e. The second kappa shape index (κ2) is 5.68. The first-order chi connectivity index (χ1) is 14.4. The van der Waals surface area contributed by atoms with Gasteiger partial charge in [-0.3, -0.25) is 0 Å². The fraction of sp³-hybridized carbons (Fsp3) is 0.652. The molecule has 4 aliphatic carbocycles. The zero-order valence-corrected chi connectivity index (χ0v) is 17.8. The summed E-state index contributed by atoms with van der Waals surface area (Å²) in [4.78, 5) is 10.2. The number of nitrogens with one attached hydrogen (secondary N) is 1. The van der Waals surface area contributed by atoms with E-state index < -0.39 is 5.60 Å². The Labute approximate surface area is 177 Å². The van der Waals surface area contributed by atoms with E-state index in [4.69, 9.17) is 14.7 Å². The molecule has 30 heavy (non-hydrogen) atoms. The lowest BCUT2D eigenvalue weighted by Gasteiger charge is -2.58. The van der Waals surface area contributed by atoms with E-state index in [1.807, 2.05) is 12.4 Å². The summed E-state index contributed by atoms with van der Waals surface area (Å²) in [5, 5.41) is 17.6. The lowest BCUT2D eigenvalue weighted by Crippen LogP contribution is -2.63. The van der Waals surface area contributed by atoms with Gasteiger partial charge in [-0.1, -0.05) is 0 Å². The van der Waals surface area contributed by atoms with Crippen molar-refractivity contribution in [3.63, 3.8) is 0 Å². The predicted molar refractivity (Wildman–Crippen MR) is 117 cm³/mol. The Bertz CT molecular complexity index is 1060. The molecule has 6 aliphatic rings. The van der Waals surface area contributed by atoms with Crippen LogP contribution in [-0.4, -0.2) is 50.5 Å². The van der Waals surface area contributed by atoms with Crippen LogP contribution in [0.5, 0.6) is 0 Å². The van der Waals surface area contributed by atoms with Gasteiger partial charge < -0.3 is 19.7 Å². The van der Waals surface area contributed by atoms with Crippen LogP contribution in [0.3, 0.4) is 0 Å². The number of hydrogen-bond acceptors (Lipinski definition) is 5. The predicted octanol–water partition coefficient (Wildman–Crippen LogP) is 2.66. The average molecular weight is 404 g/mol. The smallest absolute Gasteiger partial charge is 0.407 e. The molecule has 5 atom stereocenters. The largest absolute Gasteiger partial charge is 0.471 e.